The predicted octanol–water partition coefficient (Wildman–Crippen LogP) is 3.19. The van der Waals surface area contributed by atoms with Crippen molar-refractivity contribution in [3.63, 3.8) is 0 Å². The third-order valence-electron chi connectivity index (χ3n) is 3.70. The summed E-state index contributed by atoms with van der Waals surface area (Å²) >= 11 is 0. The maximum atomic E-state index is 11.5. The van der Waals surface area contributed by atoms with Gasteiger partial charge in [0.1, 0.15) is 10.6 Å². The number of aromatic hydroxyl groups is 1. The Labute approximate surface area is 148 Å². The zero-order chi connectivity index (χ0) is 18.9. The van der Waals surface area contributed by atoms with E-state index in [-0.39, 0.29) is 21.9 Å². The normalized spacial score (nSPS) is 12.3. The lowest BCUT2D eigenvalue weighted by atomic mass is 10.1. The fraction of sp³-hybridized carbons (Fsp3) is 0.0588. The Morgan fingerprint density at radius 3 is 2.23 bits per heavy atom. The smallest absolute Gasteiger partial charge is 0.295 e. The molecule has 0 unspecified atom stereocenters. The van der Waals surface area contributed by atoms with Crippen molar-refractivity contribution in [2.75, 3.05) is 0 Å². The predicted molar refractivity (Wildman–Crippen MR) is 93.2 cm³/mol. The van der Waals surface area contributed by atoms with Crippen molar-refractivity contribution in [2.24, 2.45) is 10.2 Å². The number of hydrogen-bond donors (Lipinski definition) is 4. The summed E-state index contributed by atoms with van der Waals surface area (Å²) in [5.74, 6) is -0.290. The van der Waals surface area contributed by atoms with Gasteiger partial charge in [-0.15, -0.1) is 5.11 Å². The average Bonchev–Trinajstić information content (AvgIpc) is 2.59. The summed E-state index contributed by atoms with van der Waals surface area (Å²) in [6, 6.07) is 13.1. The minimum atomic E-state index is -4.39. The SMILES string of the molecule is O=S(=O)(O)c1ccc(N=Nc2ccc(O)c(C(O)O)c2)c2ccccc12. The van der Waals surface area contributed by atoms with Crippen LogP contribution in [0.3, 0.4) is 0 Å². The van der Waals surface area contributed by atoms with Crippen LogP contribution in [-0.2, 0) is 10.1 Å². The Morgan fingerprint density at radius 2 is 1.58 bits per heavy atom. The van der Waals surface area contributed by atoms with Gasteiger partial charge in [0, 0.05) is 10.8 Å². The Morgan fingerprint density at radius 1 is 0.885 bits per heavy atom. The molecule has 0 radical (unpaired) electrons. The van der Waals surface area contributed by atoms with Gasteiger partial charge in [0.15, 0.2) is 6.29 Å². The van der Waals surface area contributed by atoms with Gasteiger partial charge in [-0.1, -0.05) is 24.3 Å². The van der Waals surface area contributed by atoms with Crippen molar-refractivity contribution in [1.82, 2.24) is 0 Å². The van der Waals surface area contributed by atoms with Crippen molar-refractivity contribution in [3.05, 3.63) is 60.2 Å². The highest BCUT2D eigenvalue weighted by atomic mass is 32.2. The van der Waals surface area contributed by atoms with Gasteiger partial charge in [0.2, 0.25) is 0 Å². The first kappa shape index (κ1) is 18.0. The minimum Gasteiger partial charge on any atom is -0.507 e. The van der Waals surface area contributed by atoms with Crippen LogP contribution in [0.15, 0.2) is 69.7 Å². The number of aliphatic hydroxyl groups is 2. The summed E-state index contributed by atoms with van der Waals surface area (Å²) in [6.07, 6.45) is -1.86. The Kier molecular flexibility index (Phi) is 4.70. The molecule has 0 aliphatic rings. The van der Waals surface area contributed by atoms with Crippen LogP contribution in [0, 0.1) is 0 Å². The van der Waals surface area contributed by atoms with E-state index in [1.807, 2.05) is 0 Å². The van der Waals surface area contributed by atoms with Crippen molar-refractivity contribution < 1.29 is 28.3 Å². The zero-order valence-corrected chi connectivity index (χ0v) is 14.0. The largest absolute Gasteiger partial charge is 0.507 e. The van der Waals surface area contributed by atoms with Gasteiger partial charge < -0.3 is 15.3 Å². The Balaban J connectivity index is 2.08. The second-order valence-electron chi connectivity index (χ2n) is 5.42. The number of fused-ring (bicyclic) bond motifs is 1. The van der Waals surface area contributed by atoms with E-state index in [1.165, 1.54) is 36.4 Å². The first-order valence-corrected chi connectivity index (χ1v) is 8.81. The highest BCUT2D eigenvalue weighted by Crippen LogP contribution is 2.33. The molecule has 0 aromatic heterocycles. The molecule has 0 atom stereocenters. The number of rotatable bonds is 4. The van der Waals surface area contributed by atoms with Crippen LogP contribution < -0.4 is 0 Å². The molecule has 3 aromatic rings. The van der Waals surface area contributed by atoms with Gasteiger partial charge >= 0.3 is 0 Å². The monoisotopic (exact) mass is 374 g/mol. The third kappa shape index (κ3) is 3.55. The van der Waals surface area contributed by atoms with Gasteiger partial charge in [-0.3, -0.25) is 4.55 Å². The fourth-order valence-corrected chi connectivity index (χ4v) is 3.19. The van der Waals surface area contributed by atoms with E-state index < -0.39 is 16.4 Å². The van der Waals surface area contributed by atoms with Crippen LogP contribution >= 0.6 is 0 Å². The molecule has 0 saturated carbocycles. The van der Waals surface area contributed by atoms with Crippen LogP contribution in [0.2, 0.25) is 0 Å². The number of phenols is 1. The second kappa shape index (κ2) is 6.81. The lowest BCUT2D eigenvalue weighted by Crippen LogP contribution is -1.98. The van der Waals surface area contributed by atoms with Crippen LogP contribution in [-0.4, -0.2) is 28.3 Å². The molecule has 3 rings (SSSR count). The quantitative estimate of drug-likeness (QED) is 0.314. The molecular weight excluding hydrogens is 360 g/mol. The molecule has 0 heterocycles. The number of nitrogens with zero attached hydrogens (tertiary/aromatic N) is 2. The number of azo groups is 1. The molecule has 9 heteroatoms. The van der Waals surface area contributed by atoms with Crippen molar-refractivity contribution in [1.29, 1.82) is 0 Å². The number of phenolic OH excluding ortho intramolecular Hbond substituents is 1. The van der Waals surface area contributed by atoms with E-state index in [2.05, 4.69) is 10.2 Å². The molecule has 4 N–H and O–H groups in total. The summed E-state index contributed by atoms with van der Waals surface area (Å²) in [7, 11) is -4.39. The molecule has 0 amide bonds. The summed E-state index contributed by atoms with van der Waals surface area (Å²) in [6.45, 7) is 0. The van der Waals surface area contributed by atoms with Gasteiger partial charge in [-0.2, -0.15) is 13.5 Å². The summed E-state index contributed by atoms with van der Waals surface area (Å²) < 4.78 is 32.3. The zero-order valence-electron chi connectivity index (χ0n) is 13.2. The molecule has 3 aromatic carbocycles. The van der Waals surface area contributed by atoms with E-state index in [0.717, 1.165) is 0 Å². The van der Waals surface area contributed by atoms with Gasteiger partial charge in [-0.25, -0.2) is 0 Å². The van der Waals surface area contributed by atoms with E-state index in [4.69, 9.17) is 0 Å². The first-order valence-electron chi connectivity index (χ1n) is 7.37. The lowest BCUT2D eigenvalue weighted by molar-refractivity contribution is -0.0438. The van der Waals surface area contributed by atoms with Crippen molar-refractivity contribution in [3.8, 4) is 5.75 Å². The minimum absolute atomic E-state index is 0.118. The standard InChI is InChI=1S/C17H14N2O6S/c20-15-7-5-10(9-13(15)17(21)22)18-19-14-6-8-16(26(23,24)25)12-4-2-1-3-11(12)14/h1-9,17,20-22H,(H,23,24,25). The fourth-order valence-electron chi connectivity index (χ4n) is 2.49. The van der Waals surface area contributed by atoms with E-state index in [9.17, 15) is 28.3 Å². The highest BCUT2D eigenvalue weighted by molar-refractivity contribution is 7.86. The van der Waals surface area contributed by atoms with E-state index >= 15 is 0 Å². The van der Waals surface area contributed by atoms with Crippen LogP contribution in [0.1, 0.15) is 11.9 Å². The molecular formula is C17H14N2O6S. The topological polar surface area (TPSA) is 140 Å². The molecule has 0 spiro atoms. The average molecular weight is 374 g/mol. The lowest BCUT2D eigenvalue weighted by Gasteiger charge is -2.07. The molecule has 0 fully saturated rings. The number of benzene rings is 3. The number of aliphatic hydroxyl groups excluding tert-OH is 1. The van der Waals surface area contributed by atoms with E-state index in [1.54, 1.807) is 18.2 Å². The summed E-state index contributed by atoms with van der Waals surface area (Å²) in [4.78, 5) is -0.234. The Hall–Kier alpha value is -2.85. The molecule has 0 saturated heterocycles. The van der Waals surface area contributed by atoms with Gasteiger partial charge in [0.25, 0.3) is 10.1 Å². The van der Waals surface area contributed by atoms with Crippen LogP contribution in [0.5, 0.6) is 5.75 Å². The molecule has 0 aliphatic heterocycles. The molecule has 134 valence electrons. The molecule has 8 nitrogen and oxygen atoms in total. The number of hydrogen-bond acceptors (Lipinski definition) is 7. The first-order chi connectivity index (χ1) is 12.3. The van der Waals surface area contributed by atoms with Crippen LogP contribution in [0.25, 0.3) is 10.8 Å². The summed E-state index contributed by atoms with van der Waals surface area (Å²) in [5.41, 5.74) is 0.494. The Bertz CT molecular complexity index is 1110. The van der Waals surface area contributed by atoms with E-state index in [0.29, 0.717) is 16.5 Å². The van der Waals surface area contributed by atoms with Crippen molar-refractivity contribution in [2.45, 2.75) is 11.2 Å². The summed E-state index contributed by atoms with van der Waals surface area (Å²) in [5, 5.41) is 36.8. The maximum Gasteiger partial charge on any atom is 0.295 e. The maximum absolute atomic E-state index is 11.5. The third-order valence-corrected chi connectivity index (χ3v) is 4.61. The van der Waals surface area contributed by atoms with Gasteiger partial charge in [0.05, 0.1) is 16.9 Å². The molecule has 26 heavy (non-hydrogen) atoms. The van der Waals surface area contributed by atoms with Crippen molar-refractivity contribution >= 4 is 32.3 Å². The van der Waals surface area contributed by atoms with Gasteiger partial charge in [-0.05, 0) is 30.3 Å². The second-order valence-corrected chi connectivity index (χ2v) is 6.81. The molecule has 0 bridgehead atoms. The highest BCUT2D eigenvalue weighted by Gasteiger charge is 2.15. The molecule has 0 aliphatic carbocycles. The van der Waals surface area contributed by atoms with Crippen LogP contribution in [0.4, 0.5) is 11.4 Å².